The molecule has 0 aromatic carbocycles. The molecule has 0 aromatic rings. The van der Waals surface area contributed by atoms with Crippen LogP contribution in [0, 0.1) is 0 Å². The standard InChI is InChI=1S/C9H18N2O3S/c1-8(2,15(3,13)14)6-11-7(12)9(10)4-5-9/h4-6,10H2,1-3H3,(H,11,12). The van der Waals surface area contributed by atoms with Crippen molar-refractivity contribution in [2.24, 2.45) is 5.73 Å². The van der Waals surface area contributed by atoms with Crippen LogP contribution in [0.15, 0.2) is 0 Å². The molecule has 1 rings (SSSR count). The Morgan fingerprint density at radius 1 is 1.47 bits per heavy atom. The lowest BCUT2D eigenvalue weighted by Gasteiger charge is -2.23. The van der Waals surface area contributed by atoms with Crippen LogP contribution in [0.5, 0.6) is 0 Å². The van der Waals surface area contributed by atoms with E-state index in [1.165, 1.54) is 0 Å². The maximum absolute atomic E-state index is 11.5. The van der Waals surface area contributed by atoms with Crippen LogP contribution in [0.4, 0.5) is 0 Å². The second-order valence-electron chi connectivity index (χ2n) is 4.87. The molecule has 0 aromatic heterocycles. The molecule has 0 radical (unpaired) electrons. The van der Waals surface area contributed by atoms with Crippen LogP contribution in [0.1, 0.15) is 26.7 Å². The molecule has 3 N–H and O–H groups in total. The maximum atomic E-state index is 11.5. The van der Waals surface area contributed by atoms with E-state index < -0.39 is 20.1 Å². The quantitative estimate of drug-likeness (QED) is 0.681. The van der Waals surface area contributed by atoms with Gasteiger partial charge in [0.05, 0.1) is 10.3 Å². The lowest BCUT2D eigenvalue weighted by Crippen LogP contribution is -2.49. The molecule has 0 unspecified atom stereocenters. The van der Waals surface area contributed by atoms with Crippen molar-refractivity contribution in [3.05, 3.63) is 0 Å². The van der Waals surface area contributed by atoms with E-state index in [0.29, 0.717) is 12.8 Å². The van der Waals surface area contributed by atoms with Gasteiger partial charge in [-0.1, -0.05) is 0 Å². The first kappa shape index (κ1) is 12.4. The van der Waals surface area contributed by atoms with Gasteiger partial charge in [-0.05, 0) is 26.7 Å². The van der Waals surface area contributed by atoms with Gasteiger partial charge in [-0.15, -0.1) is 0 Å². The average Bonchev–Trinajstić information content (AvgIpc) is 2.79. The Bertz CT molecular complexity index is 369. The van der Waals surface area contributed by atoms with Gasteiger partial charge in [0.2, 0.25) is 5.91 Å². The highest BCUT2D eigenvalue weighted by Crippen LogP contribution is 2.32. The smallest absolute Gasteiger partial charge is 0.240 e. The molecule has 0 atom stereocenters. The maximum Gasteiger partial charge on any atom is 0.240 e. The highest BCUT2D eigenvalue weighted by atomic mass is 32.2. The molecule has 1 amide bonds. The van der Waals surface area contributed by atoms with E-state index in [0.717, 1.165) is 6.26 Å². The molecular formula is C9H18N2O3S. The first-order valence-electron chi connectivity index (χ1n) is 4.85. The van der Waals surface area contributed by atoms with Crippen molar-refractivity contribution in [1.82, 2.24) is 5.32 Å². The molecule has 5 nitrogen and oxygen atoms in total. The van der Waals surface area contributed by atoms with Gasteiger partial charge >= 0.3 is 0 Å². The fourth-order valence-corrected chi connectivity index (χ4v) is 1.30. The first-order valence-corrected chi connectivity index (χ1v) is 6.74. The number of nitrogens with two attached hydrogens (primary N) is 1. The predicted molar refractivity (Wildman–Crippen MR) is 58.1 cm³/mol. The normalized spacial score (nSPS) is 19.7. The van der Waals surface area contributed by atoms with Crippen LogP contribution in [0.25, 0.3) is 0 Å². The Morgan fingerprint density at radius 3 is 2.27 bits per heavy atom. The van der Waals surface area contributed by atoms with E-state index in [1.807, 2.05) is 0 Å². The van der Waals surface area contributed by atoms with Crippen molar-refractivity contribution < 1.29 is 13.2 Å². The molecule has 1 aliphatic rings. The van der Waals surface area contributed by atoms with Gasteiger partial charge in [0.15, 0.2) is 9.84 Å². The molecule has 1 fully saturated rings. The zero-order valence-electron chi connectivity index (χ0n) is 9.33. The Kier molecular flexibility index (Phi) is 2.86. The van der Waals surface area contributed by atoms with Gasteiger partial charge in [-0.3, -0.25) is 4.79 Å². The third-order valence-corrected chi connectivity index (χ3v) is 5.07. The zero-order valence-corrected chi connectivity index (χ0v) is 10.1. The monoisotopic (exact) mass is 234 g/mol. The summed E-state index contributed by atoms with van der Waals surface area (Å²) >= 11 is 0. The lowest BCUT2D eigenvalue weighted by molar-refractivity contribution is -0.123. The molecule has 0 aliphatic heterocycles. The number of nitrogens with one attached hydrogen (secondary N) is 1. The largest absolute Gasteiger partial charge is 0.353 e. The van der Waals surface area contributed by atoms with Gasteiger partial charge in [-0.25, -0.2) is 8.42 Å². The third-order valence-electron chi connectivity index (χ3n) is 2.92. The molecule has 0 saturated heterocycles. The van der Waals surface area contributed by atoms with Crippen LogP contribution < -0.4 is 11.1 Å². The number of carbonyl (C=O) groups excluding carboxylic acids is 1. The summed E-state index contributed by atoms with van der Waals surface area (Å²) in [6.45, 7) is 3.26. The summed E-state index contributed by atoms with van der Waals surface area (Å²) in [5.41, 5.74) is 4.92. The van der Waals surface area contributed by atoms with E-state index in [1.54, 1.807) is 13.8 Å². The number of carbonyl (C=O) groups is 1. The summed E-state index contributed by atoms with van der Waals surface area (Å²) in [6, 6.07) is 0. The highest BCUT2D eigenvalue weighted by Gasteiger charge is 2.46. The minimum Gasteiger partial charge on any atom is -0.353 e. The Balaban J connectivity index is 2.54. The highest BCUT2D eigenvalue weighted by molar-refractivity contribution is 7.92. The number of hydrogen-bond donors (Lipinski definition) is 2. The molecule has 15 heavy (non-hydrogen) atoms. The fourth-order valence-electron chi connectivity index (χ4n) is 0.962. The van der Waals surface area contributed by atoms with Gasteiger partial charge in [0.25, 0.3) is 0 Å². The molecule has 1 aliphatic carbocycles. The minimum absolute atomic E-state index is 0.101. The van der Waals surface area contributed by atoms with Crippen LogP contribution >= 0.6 is 0 Å². The van der Waals surface area contributed by atoms with Gasteiger partial charge in [-0.2, -0.15) is 0 Å². The fraction of sp³-hybridized carbons (Fsp3) is 0.889. The molecular weight excluding hydrogens is 216 g/mol. The number of hydrogen-bond acceptors (Lipinski definition) is 4. The Labute approximate surface area is 90.3 Å². The van der Waals surface area contributed by atoms with Crippen LogP contribution in [-0.2, 0) is 14.6 Å². The summed E-state index contributed by atoms with van der Waals surface area (Å²) in [4.78, 5) is 11.5. The molecule has 0 heterocycles. The van der Waals surface area contributed by atoms with E-state index in [2.05, 4.69) is 5.32 Å². The minimum atomic E-state index is -3.18. The molecule has 1 saturated carbocycles. The SMILES string of the molecule is CC(C)(CNC(=O)C1(N)CC1)S(C)(=O)=O. The number of rotatable bonds is 4. The number of sulfone groups is 1. The van der Waals surface area contributed by atoms with E-state index in [4.69, 9.17) is 5.73 Å². The zero-order chi connectivity index (χ0) is 11.9. The van der Waals surface area contributed by atoms with Crippen molar-refractivity contribution in [2.75, 3.05) is 12.8 Å². The molecule has 88 valence electrons. The third kappa shape index (κ3) is 2.69. The molecule has 6 heteroatoms. The first-order chi connectivity index (χ1) is 6.58. The predicted octanol–water partition coefficient (Wildman–Crippen LogP) is -0.583. The summed E-state index contributed by atoms with van der Waals surface area (Å²) in [7, 11) is -3.18. The van der Waals surface area contributed by atoms with Crippen LogP contribution in [0.3, 0.4) is 0 Å². The van der Waals surface area contributed by atoms with E-state index in [9.17, 15) is 13.2 Å². The molecule has 0 bridgehead atoms. The summed E-state index contributed by atoms with van der Waals surface area (Å²) < 4.78 is 21.7. The Hall–Kier alpha value is -0.620. The van der Waals surface area contributed by atoms with Crippen molar-refractivity contribution in [1.29, 1.82) is 0 Å². The van der Waals surface area contributed by atoms with Crippen molar-refractivity contribution in [2.45, 2.75) is 37.0 Å². The Morgan fingerprint density at radius 2 is 1.93 bits per heavy atom. The van der Waals surface area contributed by atoms with Gasteiger partial charge in [0.1, 0.15) is 0 Å². The lowest BCUT2D eigenvalue weighted by atomic mass is 10.2. The van der Waals surface area contributed by atoms with Crippen molar-refractivity contribution in [3.63, 3.8) is 0 Å². The second kappa shape index (κ2) is 3.45. The summed E-state index contributed by atoms with van der Waals surface area (Å²) in [6.07, 6.45) is 2.52. The van der Waals surface area contributed by atoms with Crippen molar-refractivity contribution >= 4 is 15.7 Å². The van der Waals surface area contributed by atoms with Gasteiger partial charge in [0, 0.05) is 12.8 Å². The second-order valence-corrected chi connectivity index (χ2v) is 7.52. The topological polar surface area (TPSA) is 89.3 Å². The number of amides is 1. The van der Waals surface area contributed by atoms with Gasteiger partial charge < -0.3 is 11.1 Å². The molecule has 0 spiro atoms. The van der Waals surface area contributed by atoms with E-state index in [-0.39, 0.29) is 12.5 Å². The summed E-state index contributed by atoms with van der Waals surface area (Å²) in [5, 5.41) is 2.59. The van der Waals surface area contributed by atoms with Crippen LogP contribution in [0.2, 0.25) is 0 Å². The van der Waals surface area contributed by atoms with Crippen LogP contribution in [-0.4, -0.2) is 37.4 Å². The average molecular weight is 234 g/mol. The van der Waals surface area contributed by atoms with E-state index >= 15 is 0 Å². The van der Waals surface area contributed by atoms with Crippen molar-refractivity contribution in [3.8, 4) is 0 Å². The summed E-state index contributed by atoms with van der Waals surface area (Å²) in [5.74, 6) is -0.251.